The molecule has 0 saturated heterocycles. The van der Waals surface area contributed by atoms with Crippen molar-refractivity contribution in [1.82, 2.24) is 9.97 Å². The molecule has 0 bridgehead atoms. The fourth-order valence-corrected chi connectivity index (χ4v) is 1.45. The minimum Gasteiger partial charge on any atom is -0.478 e. The Labute approximate surface area is 112 Å². The molecule has 0 aliphatic carbocycles. The lowest BCUT2D eigenvalue weighted by molar-refractivity contribution is -0.384. The summed E-state index contributed by atoms with van der Waals surface area (Å²) in [5, 5.41) is 19.3. The van der Waals surface area contributed by atoms with Crippen molar-refractivity contribution in [3.63, 3.8) is 0 Å². The van der Waals surface area contributed by atoms with Gasteiger partial charge in [-0.3, -0.25) is 10.1 Å². The summed E-state index contributed by atoms with van der Waals surface area (Å²) >= 11 is 0. The summed E-state index contributed by atoms with van der Waals surface area (Å²) in [6.07, 6.45) is 1.14. The van der Waals surface area contributed by atoms with Gasteiger partial charge in [-0.2, -0.15) is 4.98 Å². The van der Waals surface area contributed by atoms with E-state index in [0.29, 0.717) is 5.75 Å². The van der Waals surface area contributed by atoms with E-state index in [-0.39, 0.29) is 23.0 Å². The third-order valence-electron chi connectivity index (χ3n) is 2.44. The molecule has 0 aliphatic rings. The molecule has 0 atom stereocenters. The zero-order chi connectivity index (χ0) is 14.7. The smallest absolute Gasteiger partial charge is 0.339 e. The van der Waals surface area contributed by atoms with Crippen molar-refractivity contribution >= 4 is 11.7 Å². The highest BCUT2D eigenvalue weighted by Gasteiger charge is 2.11. The summed E-state index contributed by atoms with van der Waals surface area (Å²) in [5.74, 6) is -0.803. The molecule has 0 fully saturated rings. The second-order valence-corrected chi connectivity index (χ2v) is 3.81. The first-order valence-corrected chi connectivity index (χ1v) is 5.46. The number of carboxylic acid groups (broad SMARTS) is 1. The maximum atomic E-state index is 10.8. The number of hydrogen-bond donors (Lipinski definition) is 1. The van der Waals surface area contributed by atoms with Crippen LogP contribution < -0.4 is 4.74 Å². The van der Waals surface area contributed by atoms with Crippen molar-refractivity contribution in [1.29, 1.82) is 0 Å². The Morgan fingerprint density at radius 2 is 2.00 bits per heavy atom. The number of ether oxygens (including phenoxy) is 1. The van der Waals surface area contributed by atoms with E-state index in [4.69, 9.17) is 9.84 Å². The van der Waals surface area contributed by atoms with Gasteiger partial charge in [-0.05, 0) is 19.1 Å². The number of hydrogen-bond acceptors (Lipinski definition) is 6. The molecule has 2 rings (SSSR count). The Bertz CT molecular complexity index is 669. The van der Waals surface area contributed by atoms with E-state index < -0.39 is 10.9 Å². The number of aromatic nitrogens is 2. The lowest BCUT2D eigenvalue weighted by Gasteiger charge is -2.05. The maximum absolute atomic E-state index is 10.8. The second-order valence-electron chi connectivity index (χ2n) is 3.81. The molecule has 1 aromatic carbocycles. The van der Waals surface area contributed by atoms with Gasteiger partial charge in [0.05, 0.1) is 16.2 Å². The van der Waals surface area contributed by atoms with Gasteiger partial charge in [0.25, 0.3) is 5.69 Å². The van der Waals surface area contributed by atoms with Crippen LogP contribution in [0.25, 0.3) is 0 Å². The number of nitro groups is 1. The third kappa shape index (κ3) is 2.86. The first kappa shape index (κ1) is 13.4. The molecule has 1 N–H and O–H groups in total. The molecule has 0 unspecified atom stereocenters. The van der Waals surface area contributed by atoms with Crippen LogP contribution in [0.15, 0.2) is 30.5 Å². The molecular weight excluding hydrogens is 266 g/mol. The number of aryl methyl sites for hydroxylation is 1. The molecule has 0 amide bonds. The van der Waals surface area contributed by atoms with Gasteiger partial charge in [-0.25, -0.2) is 9.78 Å². The number of carboxylic acids is 1. The van der Waals surface area contributed by atoms with Crippen molar-refractivity contribution in [3.8, 4) is 11.8 Å². The normalized spacial score (nSPS) is 10.1. The van der Waals surface area contributed by atoms with Crippen LogP contribution in [-0.4, -0.2) is 26.0 Å². The van der Waals surface area contributed by atoms with Gasteiger partial charge >= 0.3 is 12.0 Å². The summed E-state index contributed by atoms with van der Waals surface area (Å²) < 4.78 is 5.29. The van der Waals surface area contributed by atoms with E-state index in [1.165, 1.54) is 31.2 Å². The molecule has 1 heterocycles. The van der Waals surface area contributed by atoms with E-state index in [0.717, 1.165) is 6.20 Å². The third-order valence-corrected chi connectivity index (χ3v) is 2.44. The van der Waals surface area contributed by atoms with E-state index in [1.807, 2.05) is 0 Å². The van der Waals surface area contributed by atoms with Crippen molar-refractivity contribution in [2.24, 2.45) is 0 Å². The van der Waals surface area contributed by atoms with Crippen molar-refractivity contribution in [2.75, 3.05) is 0 Å². The number of non-ortho nitro benzene ring substituents is 1. The van der Waals surface area contributed by atoms with Crippen molar-refractivity contribution < 1.29 is 19.6 Å². The number of aromatic carboxylic acids is 1. The summed E-state index contributed by atoms with van der Waals surface area (Å²) in [5.41, 5.74) is 0.195. The maximum Gasteiger partial charge on any atom is 0.339 e. The van der Waals surface area contributed by atoms with E-state index >= 15 is 0 Å². The minimum absolute atomic E-state index is 0.0129. The lowest BCUT2D eigenvalue weighted by Crippen LogP contribution is -2.04. The predicted molar refractivity (Wildman–Crippen MR) is 66.9 cm³/mol. The Kier molecular flexibility index (Phi) is 3.56. The predicted octanol–water partition coefficient (Wildman–Crippen LogP) is 2.18. The van der Waals surface area contributed by atoms with Crippen LogP contribution in [0.1, 0.15) is 16.1 Å². The van der Waals surface area contributed by atoms with Crippen molar-refractivity contribution in [3.05, 3.63) is 51.8 Å². The Balaban J connectivity index is 2.19. The molecule has 20 heavy (non-hydrogen) atoms. The van der Waals surface area contributed by atoms with Gasteiger partial charge in [0.15, 0.2) is 0 Å². The van der Waals surface area contributed by atoms with E-state index in [1.54, 1.807) is 0 Å². The molecule has 8 heteroatoms. The highest BCUT2D eigenvalue weighted by Crippen LogP contribution is 2.21. The van der Waals surface area contributed by atoms with Crippen LogP contribution in [0.5, 0.6) is 11.8 Å². The fraction of sp³-hybridized carbons (Fsp3) is 0.0833. The van der Waals surface area contributed by atoms with Gasteiger partial charge in [0, 0.05) is 18.3 Å². The first-order valence-electron chi connectivity index (χ1n) is 5.46. The number of rotatable bonds is 4. The fourth-order valence-electron chi connectivity index (χ4n) is 1.45. The van der Waals surface area contributed by atoms with Crippen LogP contribution in [-0.2, 0) is 0 Å². The molecular formula is C12H9N3O5. The number of nitro benzene ring substituents is 1. The summed E-state index contributed by atoms with van der Waals surface area (Å²) in [6.45, 7) is 1.52. The Hall–Kier alpha value is -3.03. The Morgan fingerprint density at radius 3 is 2.50 bits per heavy atom. The van der Waals surface area contributed by atoms with Gasteiger partial charge < -0.3 is 9.84 Å². The first-order chi connectivity index (χ1) is 9.47. The average molecular weight is 275 g/mol. The second kappa shape index (κ2) is 5.31. The summed E-state index contributed by atoms with van der Waals surface area (Å²) in [7, 11) is 0. The Morgan fingerprint density at radius 1 is 1.35 bits per heavy atom. The van der Waals surface area contributed by atoms with Crippen LogP contribution >= 0.6 is 0 Å². The molecule has 8 nitrogen and oxygen atoms in total. The minimum atomic E-state index is -1.12. The largest absolute Gasteiger partial charge is 0.478 e. The van der Waals surface area contributed by atoms with Crippen molar-refractivity contribution in [2.45, 2.75) is 6.92 Å². The van der Waals surface area contributed by atoms with Gasteiger partial charge in [0.2, 0.25) is 0 Å². The average Bonchev–Trinajstić information content (AvgIpc) is 2.39. The highest BCUT2D eigenvalue weighted by atomic mass is 16.6. The standard InChI is InChI=1S/C12H9N3O5/c1-7-10(11(16)17)6-13-12(14-7)20-9-4-2-8(3-5-9)15(18)19/h2-6H,1H3,(H,16,17). The van der Waals surface area contributed by atoms with Crippen LogP contribution in [0.4, 0.5) is 5.69 Å². The monoisotopic (exact) mass is 275 g/mol. The summed E-state index contributed by atoms with van der Waals surface area (Å²) in [6, 6.07) is 5.35. The highest BCUT2D eigenvalue weighted by molar-refractivity contribution is 5.88. The summed E-state index contributed by atoms with van der Waals surface area (Å²) in [4.78, 5) is 28.5. The van der Waals surface area contributed by atoms with Gasteiger partial charge in [-0.1, -0.05) is 0 Å². The molecule has 2 aromatic rings. The quantitative estimate of drug-likeness (QED) is 0.671. The number of benzene rings is 1. The van der Waals surface area contributed by atoms with Crippen LogP contribution in [0, 0.1) is 17.0 Å². The van der Waals surface area contributed by atoms with Crippen LogP contribution in [0.3, 0.4) is 0 Å². The van der Waals surface area contributed by atoms with E-state index in [2.05, 4.69) is 9.97 Å². The zero-order valence-corrected chi connectivity index (χ0v) is 10.3. The number of nitrogens with zero attached hydrogens (tertiary/aromatic N) is 3. The molecule has 0 saturated carbocycles. The molecule has 0 radical (unpaired) electrons. The van der Waals surface area contributed by atoms with Crippen LogP contribution in [0.2, 0.25) is 0 Å². The topological polar surface area (TPSA) is 115 Å². The number of carbonyl (C=O) groups is 1. The molecule has 0 aliphatic heterocycles. The molecule has 0 spiro atoms. The van der Waals surface area contributed by atoms with Gasteiger partial charge in [0.1, 0.15) is 5.75 Å². The SMILES string of the molecule is Cc1nc(Oc2ccc([N+](=O)[O-])cc2)ncc1C(=O)O. The lowest BCUT2D eigenvalue weighted by atomic mass is 10.2. The molecule has 102 valence electrons. The molecule has 1 aromatic heterocycles. The van der Waals surface area contributed by atoms with Gasteiger partial charge in [-0.15, -0.1) is 0 Å². The zero-order valence-electron chi connectivity index (χ0n) is 10.3. The van der Waals surface area contributed by atoms with E-state index in [9.17, 15) is 14.9 Å².